The van der Waals surface area contributed by atoms with Crippen LogP contribution in [0.5, 0.6) is 0 Å². The summed E-state index contributed by atoms with van der Waals surface area (Å²) in [7, 11) is 0. The number of nitrogens with one attached hydrogen (secondary N) is 2. The Morgan fingerprint density at radius 2 is 1.92 bits per heavy atom. The Balaban J connectivity index is -0.000000270. The predicted octanol–water partition coefficient (Wildman–Crippen LogP) is -0.297. The lowest BCUT2D eigenvalue weighted by Gasteiger charge is -2.22. The first-order valence-electron chi connectivity index (χ1n) is 3.19. The van der Waals surface area contributed by atoms with E-state index in [2.05, 4.69) is 15.5 Å². The highest BCUT2D eigenvalue weighted by Crippen LogP contribution is 1.84. The van der Waals surface area contributed by atoms with Crippen molar-refractivity contribution < 1.29 is 4.84 Å². The van der Waals surface area contributed by atoms with Crippen molar-refractivity contribution in [3.63, 3.8) is 0 Å². The number of halogens is 3. The first kappa shape index (κ1) is 18.5. The van der Waals surface area contributed by atoms with Crippen molar-refractivity contribution >= 4 is 37.2 Å². The Labute approximate surface area is 91.2 Å². The fourth-order valence-corrected chi connectivity index (χ4v) is 0.947. The number of hydrogen-bond donors (Lipinski definition) is 3. The molecule has 0 spiro atoms. The van der Waals surface area contributed by atoms with Gasteiger partial charge in [-0.1, -0.05) is 0 Å². The molecule has 0 aromatic rings. The van der Waals surface area contributed by atoms with Crippen molar-refractivity contribution in [2.24, 2.45) is 5.90 Å². The van der Waals surface area contributed by atoms with E-state index >= 15 is 0 Å². The van der Waals surface area contributed by atoms with Crippen LogP contribution in [0, 0.1) is 0 Å². The highest BCUT2D eigenvalue weighted by atomic mass is 35.5. The molecule has 0 radical (unpaired) electrons. The first-order valence-corrected chi connectivity index (χ1v) is 3.19. The number of hydrogen-bond acceptors (Lipinski definition) is 4. The summed E-state index contributed by atoms with van der Waals surface area (Å²) < 4.78 is 0. The van der Waals surface area contributed by atoms with Crippen LogP contribution in [0.25, 0.3) is 0 Å². The van der Waals surface area contributed by atoms with E-state index < -0.39 is 0 Å². The molecular weight excluding hydrogens is 224 g/mol. The topological polar surface area (TPSA) is 59.3 Å². The van der Waals surface area contributed by atoms with Crippen molar-refractivity contribution in [3.8, 4) is 0 Å². The molecule has 0 saturated carbocycles. The number of piperazine rings is 1. The third kappa shape index (κ3) is 7.36. The molecule has 1 aliphatic heterocycles. The lowest BCUT2D eigenvalue weighted by Crippen LogP contribution is -2.50. The normalized spacial score (nSPS) is 21.2. The Hall–Kier alpha value is 0.710. The molecule has 0 aliphatic carbocycles. The van der Waals surface area contributed by atoms with Gasteiger partial charge in [0.15, 0.2) is 0 Å². The highest BCUT2D eigenvalue weighted by molar-refractivity contribution is 5.86. The van der Waals surface area contributed by atoms with Crippen LogP contribution in [0.3, 0.4) is 0 Å². The summed E-state index contributed by atoms with van der Waals surface area (Å²) in [5, 5.41) is 6.47. The largest absolute Gasteiger partial charge is 0.314 e. The molecule has 1 atom stereocenters. The van der Waals surface area contributed by atoms with Gasteiger partial charge in [-0.3, -0.25) is 0 Å². The van der Waals surface area contributed by atoms with Crippen LogP contribution in [0.4, 0.5) is 0 Å². The Morgan fingerprint density at radius 1 is 1.25 bits per heavy atom. The summed E-state index contributed by atoms with van der Waals surface area (Å²) >= 11 is 0. The van der Waals surface area contributed by atoms with E-state index in [4.69, 9.17) is 5.90 Å². The average molecular weight is 241 g/mol. The molecule has 0 amide bonds. The molecule has 0 bridgehead atoms. The minimum Gasteiger partial charge on any atom is -0.314 e. The van der Waals surface area contributed by atoms with E-state index in [0.717, 1.165) is 19.6 Å². The third-order valence-electron chi connectivity index (χ3n) is 1.42. The summed E-state index contributed by atoms with van der Waals surface area (Å²) in [6, 6.07) is 0.392. The van der Waals surface area contributed by atoms with Crippen LogP contribution in [-0.2, 0) is 4.84 Å². The average Bonchev–Trinajstić information content (AvgIpc) is 1.91. The summed E-state index contributed by atoms with van der Waals surface area (Å²) in [5.41, 5.74) is 0. The fourth-order valence-electron chi connectivity index (χ4n) is 0.947. The van der Waals surface area contributed by atoms with Gasteiger partial charge in [-0.2, -0.15) is 0 Å². The summed E-state index contributed by atoms with van der Waals surface area (Å²) in [5.74, 6) is 4.89. The van der Waals surface area contributed by atoms with E-state index in [9.17, 15) is 0 Å². The van der Waals surface area contributed by atoms with Gasteiger partial charge in [-0.15, -0.1) is 37.2 Å². The second-order valence-electron chi connectivity index (χ2n) is 2.19. The number of rotatable bonds is 2. The van der Waals surface area contributed by atoms with Gasteiger partial charge in [0.05, 0.1) is 6.61 Å². The maximum Gasteiger partial charge on any atom is 0.0844 e. The van der Waals surface area contributed by atoms with E-state index in [-0.39, 0.29) is 37.2 Å². The van der Waals surface area contributed by atoms with Gasteiger partial charge in [-0.05, 0) is 0 Å². The minimum atomic E-state index is 0. The van der Waals surface area contributed by atoms with Crippen LogP contribution in [0.1, 0.15) is 0 Å². The van der Waals surface area contributed by atoms with Crippen LogP contribution < -0.4 is 16.5 Å². The predicted molar refractivity (Wildman–Crippen MR) is 56.5 cm³/mol. The summed E-state index contributed by atoms with van der Waals surface area (Å²) in [4.78, 5) is 4.48. The molecule has 1 saturated heterocycles. The van der Waals surface area contributed by atoms with Crippen LogP contribution in [0.15, 0.2) is 0 Å². The quantitative estimate of drug-likeness (QED) is 0.580. The van der Waals surface area contributed by atoms with Crippen molar-refractivity contribution in [1.29, 1.82) is 0 Å². The molecule has 1 heterocycles. The number of nitrogens with two attached hydrogens (primary N) is 1. The first-order chi connectivity index (χ1) is 4.43. The van der Waals surface area contributed by atoms with E-state index in [0.29, 0.717) is 12.6 Å². The SMILES string of the molecule is Cl.Cl.Cl.NOCC1CNCCN1. The maximum atomic E-state index is 4.89. The molecule has 78 valence electrons. The lowest BCUT2D eigenvalue weighted by atomic mass is 10.2. The molecule has 7 heteroatoms. The molecule has 4 nitrogen and oxygen atoms in total. The summed E-state index contributed by atoms with van der Waals surface area (Å²) in [6.07, 6.45) is 0. The Kier molecular flexibility index (Phi) is 18.0. The second-order valence-corrected chi connectivity index (χ2v) is 2.19. The van der Waals surface area contributed by atoms with Gasteiger partial charge in [0.25, 0.3) is 0 Å². The Morgan fingerprint density at radius 3 is 2.33 bits per heavy atom. The van der Waals surface area contributed by atoms with Crippen molar-refractivity contribution in [1.82, 2.24) is 10.6 Å². The summed E-state index contributed by atoms with van der Waals surface area (Å²) in [6.45, 7) is 3.60. The van der Waals surface area contributed by atoms with E-state index in [1.165, 1.54) is 0 Å². The van der Waals surface area contributed by atoms with Crippen LogP contribution in [0.2, 0.25) is 0 Å². The van der Waals surface area contributed by atoms with Crippen molar-refractivity contribution in [3.05, 3.63) is 0 Å². The molecule has 1 rings (SSSR count). The molecule has 0 aromatic heterocycles. The smallest absolute Gasteiger partial charge is 0.0844 e. The molecule has 1 unspecified atom stereocenters. The molecule has 4 N–H and O–H groups in total. The second kappa shape index (κ2) is 11.7. The molecule has 1 aliphatic rings. The zero-order chi connectivity index (χ0) is 6.53. The van der Waals surface area contributed by atoms with Gasteiger partial charge in [0.1, 0.15) is 0 Å². The molecule has 0 aromatic carbocycles. The van der Waals surface area contributed by atoms with Gasteiger partial charge in [0, 0.05) is 25.7 Å². The lowest BCUT2D eigenvalue weighted by molar-refractivity contribution is 0.109. The van der Waals surface area contributed by atoms with Gasteiger partial charge < -0.3 is 15.5 Å². The minimum absolute atomic E-state index is 0. The standard InChI is InChI=1S/C5H13N3O.3ClH/c6-9-4-5-3-7-1-2-8-5;;;/h5,7-8H,1-4,6H2;3*1H. The molecule has 1 fully saturated rings. The van der Waals surface area contributed by atoms with Gasteiger partial charge >= 0.3 is 0 Å². The molecular formula is C5H16Cl3N3O. The maximum absolute atomic E-state index is 4.89. The fraction of sp³-hybridized carbons (Fsp3) is 1.00. The Bertz CT molecular complexity index is 79.6. The van der Waals surface area contributed by atoms with Crippen molar-refractivity contribution in [2.45, 2.75) is 6.04 Å². The van der Waals surface area contributed by atoms with Gasteiger partial charge in [0.2, 0.25) is 0 Å². The third-order valence-corrected chi connectivity index (χ3v) is 1.42. The highest BCUT2D eigenvalue weighted by Gasteiger charge is 2.10. The van der Waals surface area contributed by atoms with Gasteiger partial charge in [-0.25, -0.2) is 5.90 Å². The monoisotopic (exact) mass is 239 g/mol. The van der Waals surface area contributed by atoms with Crippen molar-refractivity contribution in [2.75, 3.05) is 26.2 Å². The van der Waals surface area contributed by atoms with E-state index in [1.54, 1.807) is 0 Å². The zero-order valence-electron chi connectivity index (χ0n) is 6.62. The molecule has 12 heavy (non-hydrogen) atoms. The van der Waals surface area contributed by atoms with Crippen LogP contribution >= 0.6 is 37.2 Å². The zero-order valence-corrected chi connectivity index (χ0v) is 9.07. The van der Waals surface area contributed by atoms with Crippen LogP contribution in [-0.4, -0.2) is 32.3 Å². The van der Waals surface area contributed by atoms with E-state index in [1.807, 2.05) is 0 Å².